The van der Waals surface area contributed by atoms with E-state index in [0.29, 0.717) is 17.5 Å². The Balaban J connectivity index is 1.63. The van der Waals surface area contributed by atoms with E-state index in [0.717, 1.165) is 29.1 Å². The summed E-state index contributed by atoms with van der Waals surface area (Å²) in [6, 6.07) is 16.1. The predicted octanol–water partition coefficient (Wildman–Crippen LogP) is 3.74. The summed E-state index contributed by atoms with van der Waals surface area (Å²) in [6.45, 7) is 0.737. The number of benzene rings is 2. The number of nitrogens with one attached hydrogen (secondary N) is 1. The maximum absolute atomic E-state index is 14.0. The SMILES string of the molecule is NC(=O)c1ccc(-c2cnc3c(c2)C(Cc2ccccc2F)CN3)cc1. The number of hydrogen-bond acceptors (Lipinski definition) is 3. The number of amides is 1. The zero-order chi connectivity index (χ0) is 18.1. The molecular weight excluding hydrogens is 329 g/mol. The highest BCUT2D eigenvalue weighted by atomic mass is 19.1. The molecule has 1 aliphatic heterocycles. The second-order valence-corrected chi connectivity index (χ2v) is 6.48. The van der Waals surface area contributed by atoms with E-state index in [1.54, 1.807) is 24.4 Å². The van der Waals surface area contributed by atoms with E-state index in [-0.39, 0.29) is 11.7 Å². The van der Waals surface area contributed by atoms with E-state index in [4.69, 9.17) is 5.73 Å². The first-order valence-electron chi connectivity index (χ1n) is 8.49. The number of primary amides is 1. The Labute approximate surface area is 150 Å². The minimum Gasteiger partial charge on any atom is -0.369 e. The third-order valence-electron chi connectivity index (χ3n) is 4.80. The molecule has 26 heavy (non-hydrogen) atoms. The molecule has 0 bridgehead atoms. The van der Waals surface area contributed by atoms with Crippen molar-refractivity contribution in [3.05, 3.63) is 83.3 Å². The van der Waals surface area contributed by atoms with Gasteiger partial charge in [0.15, 0.2) is 0 Å². The van der Waals surface area contributed by atoms with Gasteiger partial charge >= 0.3 is 0 Å². The molecule has 1 amide bonds. The normalized spacial score (nSPS) is 15.3. The Bertz CT molecular complexity index is 969. The van der Waals surface area contributed by atoms with Gasteiger partial charge in [0.05, 0.1) is 0 Å². The number of aromatic nitrogens is 1. The van der Waals surface area contributed by atoms with Gasteiger partial charge in [-0.2, -0.15) is 0 Å². The van der Waals surface area contributed by atoms with Gasteiger partial charge in [-0.05, 0) is 41.8 Å². The summed E-state index contributed by atoms with van der Waals surface area (Å²) in [5, 5.41) is 3.30. The first kappa shape index (κ1) is 16.3. The Morgan fingerprint density at radius 3 is 2.65 bits per heavy atom. The maximum atomic E-state index is 14.0. The van der Waals surface area contributed by atoms with Crippen LogP contribution in [-0.4, -0.2) is 17.4 Å². The maximum Gasteiger partial charge on any atom is 0.248 e. The molecule has 0 saturated carbocycles. The minimum absolute atomic E-state index is 0.166. The number of anilines is 1. The molecule has 1 aliphatic rings. The molecule has 1 aromatic heterocycles. The van der Waals surface area contributed by atoms with E-state index in [2.05, 4.69) is 16.4 Å². The lowest BCUT2D eigenvalue weighted by Crippen LogP contribution is -2.10. The molecule has 0 radical (unpaired) electrons. The van der Waals surface area contributed by atoms with Crippen molar-refractivity contribution < 1.29 is 9.18 Å². The lowest BCUT2D eigenvalue weighted by molar-refractivity contribution is 0.100. The van der Waals surface area contributed by atoms with Crippen LogP contribution in [0.15, 0.2) is 60.8 Å². The highest BCUT2D eigenvalue weighted by Crippen LogP contribution is 2.35. The average Bonchev–Trinajstić information content (AvgIpc) is 3.06. The van der Waals surface area contributed by atoms with Crippen LogP contribution >= 0.6 is 0 Å². The molecule has 1 atom stereocenters. The van der Waals surface area contributed by atoms with E-state index in [1.807, 2.05) is 24.3 Å². The van der Waals surface area contributed by atoms with E-state index >= 15 is 0 Å². The minimum atomic E-state index is -0.446. The van der Waals surface area contributed by atoms with Gasteiger partial charge in [-0.15, -0.1) is 0 Å². The molecule has 2 aromatic carbocycles. The number of halogens is 1. The summed E-state index contributed by atoms with van der Waals surface area (Å²) in [4.78, 5) is 15.7. The molecule has 2 heterocycles. The molecule has 3 N–H and O–H groups in total. The van der Waals surface area contributed by atoms with Crippen molar-refractivity contribution in [3.63, 3.8) is 0 Å². The van der Waals surface area contributed by atoms with Crippen LogP contribution in [0.4, 0.5) is 10.2 Å². The van der Waals surface area contributed by atoms with Crippen molar-refractivity contribution in [2.75, 3.05) is 11.9 Å². The highest BCUT2D eigenvalue weighted by Gasteiger charge is 2.25. The number of rotatable bonds is 4. The fourth-order valence-corrected chi connectivity index (χ4v) is 3.37. The smallest absolute Gasteiger partial charge is 0.248 e. The van der Waals surface area contributed by atoms with Gasteiger partial charge in [0.25, 0.3) is 0 Å². The van der Waals surface area contributed by atoms with Crippen LogP contribution in [0, 0.1) is 5.82 Å². The molecular formula is C21H18FN3O. The standard InChI is InChI=1S/C21H18FN3O/c22-19-4-2-1-3-15(19)9-17-12-25-21-18(17)10-16(11-24-21)13-5-7-14(8-6-13)20(23)26/h1-8,10-11,17H,9,12H2,(H2,23,26)(H,24,25). The summed E-state index contributed by atoms with van der Waals surface area (Å²) in [5.41, 5.74) is 9.48. The lowest BCUT2D eigenvalue weighted by Gasteiger charge is -2.12. The zero-order valence-electron chi connectivity index (χ0n) is 14.1. The number of hydrogen-bond donors (Lipinski definition) is 2. The average molecular weight is 347 g/mol. The van der Waals surface area contributed by atoms with Gasteiger partial charge < -0.3 is 11.1 Å². The van der Waals surface area contributed by atoms with E-state index < -0.39 is 5.91 Å². The Morgan fingerprint density at radius 1 is 1.15 bits per heavy atom. The fraction of sp³-hybridized carbons (Fsp3) is 0.143. The third-order valence-corrected chi connectivity index (χ3v) is 4.80. The van der Waals surface area contributed by atoms with Crippen molar-refractivity contribution in [2.24, 2.45) is 5.73 Å². The number of pyridine rings is 1. The molecule has 4 rings (SSSR count). The van der Waals surface area contributed by atoms with E-state index in [9.17, 15) is 9.18 Å². The summed E-state index contributed by atoms with van der Waals surface area (Å²) >= 11 is 0. The quantitative estimate of drug-likeness (QED) is 0.755. The molecule has 0 aliphatic carbocycles. The Morgan fingerprint density at radius 2 is 1.92 bits per heavy atom. The predicted molar refractivity (Wildman–Crippen MR) is 99.5 cm³/mol. The third kappa shape index (κ3) is 3.04. The zero-order valence-corrected chi connectivity index (χ0v) is 14.1. The summed E-state index contributed by atoms with van der Waals surface area (Å²) in [6.07, 6.45) is 2.43. The number of carbonyl (C=O) groups excluding carboxylic acids is 1. The first-order chi connectivity index (χ1) is 12.6. The fourth-order valence-electron chi connectivity index (χ4n) is 3.37. The molecule has 0 saturated heterocycles. The van der Waals surface area contributed by atoms with Crippen LogP contribution in [0.25, 0.3) is 11.1 Å². The second-order valence-electron chi connectivity index (χ2n) is 6.48. The van der Waals surface area contributed by atoms with Crippen LogP contribution < -0.4 is 11.1 Å². The van der Waals surface area contributed by atoms with Gasteiger partial charge in [0.2, 0.25) is 5.91 Å². The summed E-state index contributed by atoms with van der Waals surface area (Å²) < 4.78 is 14.0. The van der Waals surface area contributed by atoms with Gasteiger partial charge in [0.1, 0.15) is 11.6 Å². The molecule has 3 aromatic rings. The van der Waals surface area contributed by atoms with Crippen LogP contribution in [0.1, 0.15) is 27.4 Å². The molecule has 0 spiro atoms. The first-order valence-corrected chi connectivity index (χ1v) is 8.49. The number of fused-ring (bicyclic) bond motifs is 1. The van der Waals surface area contributed by atoms with Crippen LogP contribution in [-0.2, 0) is 6.42 Å². The summed E-state index contributed by atoms with van der Waals surface area (Å²) in [5.74, 6) is 0.396. The molecule has 130 valence electrons. The number of nitrogens with two attached hydrogens (primary N) is 1. The Kier molecular flexibility index (Phi) is 4.13. The molecule has 0 fully saturated rings. The van der Waals surface area contributed by atoms with Crippen LogP contribution in [0.2, 0.25) is 0 Å². The van der Waals surface area contributed by atoms with Gasteiger partial charge in [0, 0.05) is 35.3 Å². The Hall–Kier alpha value is -3.21. The summed E-state index contributed by atoms with van der Waals surface area (Å²) in [7, 11) is 0. The molecule has 1 unspecified atom stereocenters. The van der Waals surface area contributed by atoms with Crippen molar-refractivity contribution in [3.8, 4) is 11.1 Å². The lowest BCUT2D eigenvalue weighted by atomic mass is 9.92. The van der Waals surface area contributed by atoms with Crippen molar-refractivity contribution in [1.29, 1.82) is 0 Å². The van der Waals surface area contributed by atoms with Gasteiger partial charge in [-0.1, -0.05) is 30.3 Å². The van der Waals surface area contributed by atoms with Crippen molar-refractivity contribution >= 4 is 11.7 Å². The number of carbonyl (C=O) groups is 1. The second kappa shape index (κ2) is 6.59. The molecule has 5 heteroatoms. The molecule has 4 nitrogen and oxygen atoms in total. The van der Waals surface area contributed by atoms with Crippen LogP contribution in [0.5, 0.6) is 0 Å². The van der Waals surface area contributed by atoms with Crippen molar-refractivity contribution in [1.82, 2.24) is 4.98 Å². The van der Waals surface area contributed by atoms with Crippen molar-refractivity contribution in [2.45, 2.75) is 12.3 Å². The van der Waals surface area contributed by atoms with Gasteiger partial charge in [-0.25, -0.2) is 9.37 Å². The monoisotopic (exact) mass is 347 g/mol. The number of nitrogens with zero attached hydrogens (tertiary/aromatic N) is 1. The largest absolute Gasteiger partial charge is 0.369 e. The highest BCUT2D eigenvalue weighted by molar-refractivity contribution is 5.93. The van der Waals surface area contributed by atoms with Crippen LogP contribution in [0.3, 0.4) is 0 Å². The van der Waals surface area contributed by atoms with E-state index in [1.165, 1.54) is 6.07 Å². The topological polar surface area (TPSA) is 68.0 Å². The van der Waals surface area contributed by atoms with Gasteiger partial charge in [-0.3, -0.25) is 4.79 Å².